The van der Waals surface area contributed by atoms with E-state index in [-0.39, 0.29) is 0 Å². The van der Waals surface area contributed by atoms with E-state index in [1.807, 2.05) is 0 Å². The minimum atomic E-state index is 0.498. The first-order valence-corrected chi connectivity index (χ1v) is 8.11. The molecular weight excluding hydrogens is 264 g/mol. The lowest BCUT2D eigenvalue weighted by Crippen LogP contribution is -1.95. The van der Waals surface area contributed by atoms with Crippen LogP contribution in [0.15, 0.2) is 54.6 Å². The van der Waals surface area contributed by atoms with Crippen molar-refractivity contribution < 1.29 is 0 Å². The molecule has 0 spiro atoms. The first kappa shape index (κ1) is 14.8. The topological polar surface area (TPSA) is 0 Å². The van der Waals surface area contributed by atoms with E-state index in [1.54, 1.807) is 0 Å². The zero-order valence-electron chi connectivity index (χ0n) is 13.9. The zero-order chi connectivity index (χ0) is 15.7. The van der Waals surface area contributed by atoms with Gasteiger partial charge >= 0.3 is 0 Å². The highest BCUT2D eigenvalue weighted by molar-refractivity contribution is 5.87. The van der Waals surface area contributed by atoms with Gasteiger partial charge in [0, 0.05) is 0 Å². The van der Waals surface area contributed by atoms with Gasteiger partial charge in [-0.05, 0) is 57.0 Å². The van der Waals surface area contributed by atoms with Crippen LogP contribution in [0.1, 0.15) is 50.7 Å². The van der Waals surface area contributed by atoms with Gasteiger partial charge in [0.1, 0.15) is 0 Å². The van der Waals surface area contributed by atoms with Crippen LogP contribution < -0.4 is 0 Å². The number of hydrogen-bond donors (Lipinski definition) is 0. The van der Waals surface area contributed by atoms with E-state index in [4.69, 9.17) is 0 Å². The molecule has 0 bridgehead atoms. The summed E-state index contributed by atoms with van der Waals surface area (Å²) in [5.74, 6) is 0.996. The Morgan fingerprint density at radius 1 is 0.636 bits per heavy atom. The molecule has 0 nitrogen and oxygen atoms in total. The van der Waals surface area contributed by atoms with Crippen LogP contribution in [0.3, 0.4) is 0 Å². The highest BCUT2D eigenvalue weighted by atomic mass is 14.1. The summed E-state index contributed by atoms with van der Waals surface area (Å²) in [6.07, 6.45) is 0. The summed E-state index contributed by atoms with van der Waals surface area (Å²) in [6, 6.07) is 23.4. The fourth-order valence-corrected chi connectivity index (χ4v) is 2.77. The maximum Gasteiger partial charge on any atom is -0.0108 e. The van der Waals surface area contributed by atoms with Crippen LogP contribution in [-0.4, -0.2) is 0 Å². The van der Waals surface area contributed by atoms with Gasteiger partial charge in [-0.15, -0.1) is 0 Å². The van der Waals surface area contributed by atoms with Gasteiger partial charge in [-0.1, -0.05) is 76.2 Å². The van der Waals surface area contributed by atoms with Crippen LogP contribution in [0, 0.1) is 6.07 Å². The normalized spacial score (nSPS) is 11.5. The molecule has 0 aliphatic heterocycles. The van der Waals surface area contributed by atoms with Gasteiger partial charge in [-0.25, -0.2) is 0 Å². The SMILES string of the molecule is CC(C)c1[c]c(C(C)C)cc(-c2ccc3ccccc3c2)c1. The van der Waals surface area contributed by atoms with Crippen molar-refractivity contribution in [3.05, 3.63) is 71.8 Å². The van der Waals surface area contributed by atoms with Crippen LogP contribution in [0.25, 0.3) is 21.9 Å². The van der Waals surface area contributed by atoms with E-state index in [2.05, 4.69) is 88.4 Å². The maximum absolute atomic E-state index is 3.59. The molecule has 0 aliphatic carbocycles. The summed E-state index contributed by atoms with van der Waals surface area (Å²) in [5, 5.41) is 2.59. The summed E-state index contributed by atoms with van der Waals surface area (Å²) in [4.78, 5) is 0. The van der Waals surface area contributed by atoms with Crippen LogP contribution >= 0.6 is 0 Å². The molecule has 111 valence electrons. The Morgan fingerprint density at radius 2 is 1.23 bits per heavy atom. The number of rotatable bonds is 3. The highest BCUT2D eigenvalue weighted by Crippen LogP contribution is 2.30. The van der Waals surface area contributed by atoms with E-state index in [0.29, 0.717) is 11.8 Å². The Hall–Kier alpha value is -2.08. The van der Waals surface area contributed by atoms with Crippen LogP contribution in [0.4, 0.5) is 0 Å². The summed E-state index contributed by atoms with van der Waals surface area (Å²) in [5.41, 5.74) is 5.19. The van der Waals surface area contributed by atoms with Gasteiger partial charge in [0.2, 0.25) is 0 Å². The van der Waals surface area contributed by atoms with Gasteiger partial charge in [0.05, 0.1) is 0 Å². The third-order valence-corrected chi connectivity index (χ3v) is 4.24. The van der Waals surface area contributed by atoms with E-state index in [1.165, 1.54) is 33.0 Å². The van der Waals surface area contributed by atoms with Gasteiger partial charge in [0.15, 0.2) is 0 Å². The van der Waals surface area contributed by atoms with Crippen LogP contribution in [0.5, 0.6) is 0 Å². The Labute approximate surface area is 133 Å². The highest BCUT2D eigenvalue weighted by Gasteiger charge is 2.09. The fourth-order valence-electron chi connectivity index (χ4n) is 2.77. The number of benzene rings is 3. The molecule has 0 aliphatic rings. The van der Waals surface area contributed by atoms with E-state index < -0.39 is 0 Å². The number of hydrogen-bond acceptors (Lipinski definition) is 0. The second-order valence-corrected chi connectivity index (χ2v) is 6.65. The molecule has 0 saturated carbocycles. The quantitative estimate of drug-likeness (QED) is 0.512. The van der Waals surface area contributed by atoms with Crippen molar-refractivity contribution in [3.63, 3.8) is 0 Å². The molecule has 0 atom stereocenters. The lowest BCUT2D eigenvalue weighted by molar-refractivity contribution is 0.831. The summed E-state index contributed by atoms with van der Waals surface area (Å²) < 4.78 is 0. The molecule has 0 fully saturated rings. The van der Waals surface area contributed by atoms with E-state index in [0.717, 1.165) is 0 Å². The largest absolute Gasteiger partial charge is 0.0616 e. The molecule has 22 heavy (non-hydrogen) atoms. The third kappa shape index (κ3) is 2.92. The summed E-state index contributed by atoms with van der Waals surface area (Å²) in [7, 11) is 0. The van der Waals surface area contributed by atoms with Crippen molar-refractivity contribution in [1.82, 2.24) is 0 Å². The Bertz CT molecular complexity index is 768. The Kier molecular flexibility index (Phi) is 4.02. The monoisotopic (exact) mass is 287 g/mol. The molecule has 0 unspecified atom stereocenters. The lowest BCUT2D eigenvalue weighted by Gasteiger charge is -2.14. The second-order valence-electron chi connectivity index (χ2n) is 6.65. The van der Waals surface area contributed by atoms with E-state index >= 15 is 0 Å². The average Bonchev–Trinajstić information content (AvgIpc) is 2.53. The lowest BCUT2D eigenvalue weighted by atomic mass is 9.90. The molecule has 3 aromatic carbocycles. The molecule has 0 heterocycles. The van der Waals surface area contributed by atoms with Crippen molar-refractivity contribution in [2.24, 2.45) is 0 Å². The van der Waals surface area contributed by atoms with Crippen molar-refractivity contribution in [2.45, 2.75) is 39.5 Å². The number of fused-ring (bicyclic) bond motifs is 1. The smallest absolute Gasteiger partial charge is 0.0108 e. The summed E-state index contributed by atoms with van der Waals surface area (Å²) in [6.45, 7) is 8.94. The van der Waals surface area contributed by atoms with Crippen LogP contribution in [-0.2, 0) is 0 Å². The second kappa shape index (κ2) is 5.96. The molecule has 0 amide bonds. The fraction of sp³-hybridized carbons (Fsp3) is 0.273. The molecule has 0 saturated heterocycles. The third-order valence-electron chi connectivity index (χ3n) is 4.24. The minimum absolute atomic E-state index is 0.498. The predicted molar refractivity (Wildman–Crippen MR) is 96.4 cm³/mol. The molecule has 0 N–H and O–H groups in total. The Balaban J connectivity index is 2.16. The first-order chi connectivity index (χ1) is 10.5. The van der Waals surface area contributed by atoms with Crippen molar-refractivity contribution in [2.75, 3.05) is 0 Å². The first-order valence-electron chi connectivity index (χ1n) is 8.11. The standard InChI is InChI=1S/C22H23/c1-15(2)20-12-21(16(3)4)14-22(13-20)19-10-9-17-7-5-6-8-18(17)11-19/h5-11,13-16H,1-4H3. The maximum atomic E-state index is 3.59. The van der Waals surface area contributed by atoms with Gasteiger partial charge in [-0.3, -0.25) is 0 Å². The van der Waals surface area contributed by atoms with Crippen molar-refractivity contribution in [1.29, 1.82) is 0 Å². The predicted octanol–water partition coefficient (Wildman–Crippen LogP) is 6.55. The molecule has 3 aromatic rings. The van der Waals surface area contributed by atoms with Gasteiger partial charge < -0.3 is 0 Å². The summed E-state index contributed by atoms with van der Waals surface area (Å²) >= 11 is 0. The molecule has 1 radical (unpaired) electrons. The van der Waals surface area contributed by atoms with Gasteiger partial charge in [-0.2, -0.15) is 0 Å². The van der Waals surface area contributed by atoms with E-state index in [9.17, 15) is 0 Å². The van der Waals surface area contributed by atoms with Crippen molar-refractivity contribution in [3.8, 4) is 11.1 Å². The zero-order valence-corrected chi connectivity index (χ0v) is 13.9. The minimum Gasteiger partial charge on any atom is -0.0616 e. The average molecular weight is 287 g/mol. The molecular formula is C22H23. The van der Waals surface area contributed by atoms with Crippen molar-refractivity contribution >= 4 is 10.8 Å². The van der Waals surface area contributed by atoms with Crippen LogP contribution in [0.2, 0.25) is 0 Å². The molecule has 0 aromatic heterocycles. The Morgan fingerprint density at radius 3 is 1.82 bits per heavy atom. The van der Waals surface area contributed by atoms with Gasteiger partial charge in [0.25, 0.3) is 0 Å². The molecule has 0 heteroatoms. The molecule has 3 rings (SSSR count).